The van der Waals surface area contributed by atoms with Crippen LogP contribution in [0, 0.1) is 5.82 Å². The second-order valence-corrected chi connectivity index (χ2v) is 6.25. The predicted octanol–water partition coefficient (Wildman–Crippen LogP) is 3.78. The maximum atomic E-state index is 13.4. The van der Waals surface area contributed by atoms with Crippen molar-refractivity contribution in [3.05, 3.63) is 63.9 Å². The van der Waals surface area contributed by atoms with Crippen molar-refractivity contribution in [3.8, 4) is 0 Å². The van der Waals surface area contributed by atoms with Gasteiger partial charge >= 0.3 is 0 Å². The zero-order valence-electron chi connectivity index (χ0n) is 15.4. The minimum atomic E-state index is -0.519. The molecule has 0 radical (unpaired) electrons. The zero-order chi connectivity index (χ0) is 19.8. The molecule has 0 atom stereocenters. The van der Waals surface area contributed by atoms with Crippen molar-refractivity contribution in [2.75, 3.05) is 25.5 Å². The molecule has 0 fully saturated rings. The minimum Gasteiger partial charge on any atom is -0.398 e. The lowest BCUT2D eigenvalue weighted by molar-refractivity contribution is -0.133. The third-order valence-corrected chi connectivity index (χ3v) is 4.24. The average molecular weight is 395 g/mol. The fourth-order valence-corrected chi connectivity index (χ4v) is 2.79. The Balaban J connectivity index is 2.04. The summed E-state index contributed by atoms with van der Waals surface area (Å²) in [5.41, 5.74) is 7.84. The maximum absolute atomic E-state index is 13.4. The summed E-state index contributed by atoms with van der Waals surface area (Å²) in [5, 5.41) is 3.42. The van der Waals surface area contributed by atoms with Crippen LogP contribution >= 0.6 is 11.6 Å². The standard InChI is InChI=1S/C20H24ClFN2O3/c1-3-26-19(27-4-2)12-24-11-14-6-5-13(9-18(14)23)20(25)16-10-15(22)7-8-17(16)21/h5-10,19,24H,3-4,11-12,23H2,1-2H3. The Labute approximate surface area is 163 Å². The van der Waals surface area contributed by atoms with Crippen molar-refractivity contribution in [1.29, 1.82) is 0 Å². The van der Waals surface area contributed by atoms with Crippen LogP contribution in [0.5, 0.6) is 0 Å². The molecule has 0 unspecified atom stereocenters. The SMILES string of the molecule is CCOC(CNCc1ccc(C(=O)c2cc(F)ccc2Cl)cc1N)OCC. The van der Waals surface area contributed by atoms with Gasteiger partial charge in [0.1, 0.15) is 5.82 Å². The monoisotopic (exact) mass is 394 g/mol. The van der Waals surface area contributed by atoms with Gasteiger partial charge in [-0.3, -0.25) is 4.79 Å². The van der Waals surface area contributed by atoms with E-state index in [4.69, 9.17) is 26.8 Å². The van der Waals surface area contributed by atoms with E-state index in [9.17, 15) is 9.18 Å². The Morgan fingerprint density at radius 1 is 1.19 bits per heavy atom. The first kappa shape index (κ1) is 21.3. The molecule has 0 aliphatic rings. The van der Waals surface area contributed by atoms with Crippen LogP contribution in [0.15, 0.2) is 36.4 Å². The summed E-state index contributed by atoms with van der Waals surface area (Å²) in [6.45, 7) is 5.95. The molecule has 0 bridgehead atoms. The molecule has 0 saturated heterocycles. The van der Waals surface area contributed by atoms with Crippen LogP contribution < -0.4 is 11.1 Å². The zero-order valence-corrected chi connectivity index (χ0v) is 16.2. The molecular weight excluding hydrogens is 371 g/mol. The quantitative estimate of drug-likeness (QED) is 0.364. The second kappa shape index (κ2) is 10.4. The van der Waals surface area contributed by atoms with Crippen molar-refractivity contribution < 1.29 is 18.7 Å². The first-order valence-corrected chi connectivity index (χ1v) is 9.16. The molecular formula is C20H24ClFN2O3. The van der Waals surface area contributed by atoms with Crippen LogP contribution in [-0.2, 0) is 16.0 Å². The molecule has 5 nitrogen and oxygen atoms in total. The number of nitrogen functional groups attached to an aromatic ring is 1. The number of nitrogens with one attached hydrogen (secondary N) is 1. The summed E-state index contributed by atoms with van der Waals surface area (Å²) < 4.78 is 24.4. The van der Waals surface area contributed by atoms with Crippen LogP contribution in [0.1, 0.15) is 35.3 Å². The molecule has 0 aromatic heterocycles. The summed E-state index contributed by atoms with van der Waals surface area (Å²) in [7, 11) is 0. The van der Waals surface area contributed by atoms with Crippen molar-refractivity contribution in [3.63, 3.8) is 0 Å². The van der Waals surface area contributed by atoms with Gasteiger partial charge in [0.15, 0.2) is 12.1 Å². The molecule has 2 aromatic rings. The third kappa shape index (κ3) is 6.01. The highest BCUT2D eigenvalue weighted by molar-refractivity contribution is 6.35. The third-order valence-electron chi connectivity index (χ3n) is 3.91. The molecule has 3 N–H and O–H groups in total. The average Bonchev–Trinajstić information content (AvgIpc) is 2.64. The highest BCUT2D eigenvalue weighted by Gasteiger charge is 2.15. The molecule has 0 aliphatic carbocycles. The van der Waals surface area contributed by atoms with E-state index in [2.05, 4.69) is 5.32 Å². The maximum Gasteiger partial charge on any atom is 0.194 e. The highest BCUT2D eigenvalue weighted by atomic mass is 35.5. The normalized spacial score (nSPS) is 11.1. The van der Waals surface area contributed by atoms with Gasteiger partial charge in [0.2, 0.25) is 0 Å². The van der Waals surface area contributed by atoms with Crippen LogP contribution in [0.25, 0.3) is 0 Å². The van der Waals surface area contributed by atoms with E-state index in [1.54, 1.807) is 18.2 Å². The minimum absolute atomic E-state index is 0.109. The number of hydrogen-bond acceptors (Lipinski definition) is 5. The molecule has 2 aromatic carbocycles. The number of hydrogen-bond donors (Lipinski definition) is 2. The van der Waals surface area contributed by atoms with E-state index >= 15 is 0 Å². The Morgan fingerprint density at radius 3 is 2.52 bits per heavy atom. The van der Waals surface area contributed by atoms with E-state index in [1.807, 2.05) is 13.8 Å². The van der Waals surface area contributed by atoms with E-state index in [1.165, 1.54) is 12.1 Å². The van der Waals surface area contributed by atoms with E-state index in [-0.39, 0.29) is 22.7 Å². The highest BCUT2D eigenvalue weighted by Crippen LogP contribution is 2.23. The van der Waals surface area contributed by atoms with Crippen molar-refractivity contribution in [2.24, 2.45) is 0 Å². The van der Waals surface area contributed by atoms with Crippen molar-refractivity contribution in [1.82, 2.24) is 5.32 Å². The molecule has 2 rings (SSSR count). The van der Waals surface area contributed by atoms with E-state index in [0.717, 1.165) is 11.6 Å². The van der Waals surface area contributed by atoms with Crippen LogP contribution in [0.4, 0.5) is 10.1 Å². The Morgan fingerprint density at radius 2 is 1.89 bits per heavy atom. The van der Waals surface area contributed by atoms with Gasteiger partial charge in [-0.1, -0.05) is 23.7 Å². The van der Waals surface area contributed by atoms with E-state index in [0.29, 0.717) is 37.6 Å². The number of anilines is 1. The topological polar surface area (TPSA) is 73.6 Å². The summed E-state index contributed by atoms with van der Waals surface area (Å²) >= 11 is 6.01. The van der Waals surface area contributed by atoms with Gasteiger partial charge < -0.3 is 20.5 Å². The second-order valence-electron chi connectivity index (χ2n) is 5.84. The number of carbonyl (C=O) groups is 1. The summed E-state index contributed by atoms with van der Waals surface area (Å²) in [6, 6.07) is 8.68. The fourth-order valence-electron chi connectivity index (χ4n) is 2.59. The molecule has 27 heavy (non-hydrogen) atoms. The Hall–Kier alpha value is -1.99. The van der Waals surface area contributed by atoms with Gasteiger partial charge in [-0.25, -0.2) is 4.39 Å². The number of nitrogens with two attached hydrogens (primary N) is 1. The number of carbonyl (C=O) groups excluding carboxylic acids is 1. The predicted molar refractivity (Wildman–Crippen MR) is 104 cm³/mol. The molecule has 0 aliphatic heterocycles. The number of ketones is 1. The van der Waals surface area contributed by atoms with Gasteiger partial charge in [0.25, 0.3) is 0 Å². The molecule has 0 heterocycles. The first-order chi connectivity index (χ1) is 13.0. The number of rotatable bonds is 10. The van der Waals surface area contributed by atoms with Crippen molar-refractivity contribution in [2.45, 2.75) is 26.7 Å². The lowest BCUT2D eigenvalue weighted by atomic mass is 10.0. The van der Waals surface area contributed by atoms with Crippen molar-refractivity contribution >= 4 is 23.1 Å². The van der Waals surface area contributed by atoms with Gasteiger partial charge in [0, 0.05) is 43.1 Å². The lowest BCUT2D eigenvalue weighted by Crippen LogP contribution is -2.31. The van der Waals surface area contributed by atoms with Gasteiger partial charge in [0.05, 0.1) is 5.02 Å². The van der Waals surface area contributed by atoms with Gasteiger partial charge in [-0.05, 0) is 43.7 Å². The van der Waals surface area contributed by atoms with Crippen LogP contribution in [0.3, 0.4) is 0 Å². The summed E-state index contributed by atoms with van der Waals surface area (Å²) in [5.74, 6) is -0.895. The number of ether oxygens (including phenoxy) is 2. The summed E-state index contributed by atoms with van der Waals surface area (Å²) in [6.07, 6.45) is -0.322. The molecule has 0 amide bonds. The van der Waals surface area contributed by atoms with E-state index < -0.39 is 5.82 Å². The molecule has 7 heteroatoms. The Kier molecular flexibility index (Phi) is 8.19. The molecule has 0 spiro atoms. The Bertz CT molecular complexity index is 780. The van der Waals surface area contributed by atoms with Crippen LogP contribution in [0.2, 0.25) is 5.02 Å². The largest absolute Gasteiger partial charge is 0.398 e. The molecule has 0 saturated carbocycles. The van der Waals surface area contributed by atoms with Gasteiger partial charge in [-0.15, -0.1) is 0 Å². The molecule has 146 valence electrons. The summed E-state index contributed by atoms with van der Waals surface area (Å²) in [4.78, 5) is 12.6. The fraction of sp³-hybridized carbons (Fsp3) is 0.350. The number of benzene rings is 2. The first-order valence-electron chi connectivity index (χ1n) is 8.78. The number of halogens is 2. The van der Waals surface area contributed by atoms with Crippen LogP contribution in [-0.4, -0.2) is 31.8 Å². The smallest absolute Gasteiger partial charge is 0.194 e. The van der Waals surface area contributed by atoms with Gasteiger partial charge in [-0.2, -0.15) is 0 Å². The lowest BCUT2D eigenvalue weighted by Gasteiger charge is -2.18.